The van der Waals surface area contributed by atoms with Gasteiger partial charge in [0.05, 0.1) is 5.56 Å². The summed E-state index contributed by atoms with van der Waals surface area (Å²) in [5.41, 5.74) is 2.35. The van der Waals surface area contributed by atoms with Crippen LogP contribution in [0, 0.1) is 0 Å². The summed E-state index contributed by atoms with van der Waals surface area (Å²) in [6.07, 6.45) is 5.23. The lowest BCUT2D eigenvalue weighted by Gasteiger charge is -1.99. The van der Waals surface area contributed by atoms with Crippen molar-refractivity contribution in [2.45, 2.75) is 0 Å². The van der Waals surface area contributed by atoms with E-state index in [2.05, 4.69) is 20.9 Å². The molecule has 18 heavy (non-hydrogen) atoms. The summed E-state index contributed by atoms with van der Waals surface area (Å²) in [7, 11) is 0. The summed E-state index contributed by atoms with van der Waals surface area (Å²) < 4.78 is 6.19. The molecule has 0 unspecified atom stereocenters. The molecule has 1 aromatic heterocycles. The third-order valence-electron chi connectivity index (χ3n) is 2.67. The van der Waals surface area contributed by atoms with Crippen molar-refractivity contribution in [3.05, 3.63) is 63.9 Å². The lowest BCUT2D eigenvalue weighted by atomic mass is 10.1. The van der Waals surface area contributed by atoms with Crippen molar-refractivity contribution in [2.75, 3.05) is 0 Å². The van der Waals surface area contributed by atoms with Gasteiger partial charge in [-0.1, -0.05) is 15.9 Å². The first-order chi connectivity index (χ1) is 8.74. The number of carbonyl (C=O) groups is 1. The van der Waals surface area contributed by atoms with E-state index in [9.17, 15) is 4.79 Å². The number of ether oxygens (including phenoxy) is 1. The van der Waals surface area contributed by atoms with Crippen molar-refractivity contribution in [3.8, 4) is 0 Å². The van der Waals surface area contributed by atoms with E-state index >= 15 is 0 Å². The van der Waals surface area contributed by atoms with E-state index < -0.39 is 0 Å². The van der Waals surface area contributed by atoms with Crippen LogP contribution in [0.1, 0.15) is 21.5 Å². The fraction of sp³-hybridized carbons (Fsp3) is 0. The second kappa shape index (κ2) is 4.38. The zero-order chi connectivity index (χ0) is 12.5. The van der Waals surface area contributed by atoms with Gasteiger partial charge in [-0.15, -0.1) is 0 Å². The Morgan fingerprint density at radius 2 is 1.89 bits per heavy atom. The first kappa shape index (κ1) is 11.2. The smallest absolute Gasteiger partial charge is 0.344 e. The highest BCUT2D eigenvalue weighted by atomic mass is 79.9. The maximum absolute atomic E-state index is 11.7. The minimum atomic E-state index is -0.308. The second-order valence-corrected chi connectivity index (χ2v) is 4.78. The lowest BCUT2D eigenvalue weighted by Crippen LogP contribution is -1.92. The molecule has 1 aliphatic heterocycles. The third kappa shape index (κ3) is 1.95. The number of cyclic esters (lactones) is 1. The van der Waals surface area contributed by atoms with E-state index in [0.717, 1.165) is 15.6 Å². The lowest BCUT2D eigenvalue weighted by molar-refractivity contribution is 0.0717. The molecule has 1 aliphatic rings. The monoisotopic (exact) mass is 301 g/mol. The number of pyridine rings is 1. The summed E-state index contributed by atoms with van der Waals surface area (Å²) in [4.78, 5) is 15.6. The highest BCUT2D eigenvalue weighted by Crippen LogP contribution is 2.33. The van der Waals surface area contributed by atoms with Gasteiger partial charge in [0.1, 0.15) is 5.76 Å². The van der Waals surface area contributed by atoms with Crippen LogP contribution in [0.25, 0.3) is 11.8 Å². The highest BCUT2D eigenvalue weighted by molar-refractivity contribution is 9.10. The SMILES string of the molecule is O=C1OC(=Cc2ccncc2)c2cc(Br)ccc21. The number of hydrogen-bond acceptors (Lipinski definition) is 3. The van der Waals surface area contributed by atoms with Crippen LogP contribution in [0.3, 0.4) is 0 Å². The van der Waals surface area contributed by atoms with E-state index in [1.165, 1.54) is 0 Å². The van der Waals surface area contributed by atoms with E-state index in [1.54, 1.807) is 18.5 Å². The van der Waals surface area contributed by atoms with Crippen LogP contribution in [0.15, 0.2) is 47.2 Å². The predicted octanol–water partition coefficient (Wildman–Crippen LogP) is 3.51. The van der Waals surface area contributed by atoms with E-state index in [-0.39, 0.29) is 5.97 Å². The number of halogens is 1. The number of nitrogens with zero attached hydrogens (tertiary/aromatic N) is 1. The topological polar surface area (TPSA) is 39.2 Å². The van der Waals surface area contributed by atoms with Gasteiger partial charge in [-0.3, -0.25) is 4.98 Å². The maximum Gasteiger partial charge on any atom is 0.344 e. The molecule has 0 saturated carbocycles. The van der Waals surface area contributed by atoms with Crippen molar-refractivity contribution in [1.82, 2.24) is 4.98 Å². The number of rotatable bonds is 1. The maximum atomic E-state index is 11.7. The van der Waals surface area contributed by atoms with Gasteiger partial charge in [-0.05, 0) is 42.0 Å². The molecule has 2 aromatic rings. The molecule has 0 aliphatic carbocycles. The van der Waals surface area contributed by atoms with Gasteiger partial charge in [-0.2, -0.15) is 0 Å². The molecule has 1 aromatic carbocycles. The number of hydrogen-bond donors (Lipinski definition) is 0. The summed E-state index contributed by atoms with van der Waals surface area (Å²) in [6, 6.07) is 9.19. The Hall–Kier alpha value is -1.94. The zero-order valence-electron chi connectivity index (χ0n) is 9.26. The van der Waals surface area contributed by atoms with Crippen molar-refractivity contribution in [2.24, 2.45) is 0 Å². The molecule has 2 heterocycles. The molecular formula is C14H8BrNO2. The first-order valence-electron chi connectivity index (χ1n) is 5.38. The molecule has 3 rings (SSSR count). The van der Waals surface area contributed by atoms with E-state index in [1.807, 2.05) is 30.3 Å². The zero-order valence-corrected chi connectivity index (χ0v) is 10.8. The molecule has 0 N–H and O–H groups in total. The molecule has 88 valence electrons. The minimum absolute atomic E-state index is 0.308. The fourth-order valence-electron chi connectivity index (χ4n) is 1.83. The van der Waals surface area contributed by atoms with Crippen LogP contribution in [-0.2, 0) is 4.74 Å². The van der Waals surface area contributed by atoms with Crippen molar-refractivity contribution in [1.29, 1.82) is 0 Å². The number of fused-ring (bicyclic) bond motifs is 1. The van der Waals surface area contributed by atoms with Crippen LogP contribution in [0.5, 0.6) is 0 Å². The Labute approximate surface area is 112 Å². The summed E-state index contributed by atoms with van der Waals surface area (Å²) in [6.45, 7) is 0. The van der Waals surface area contributed by atoms with Gasteiger partial charge >= 0.3 is 5.97 Å². The van der Waals surface area contributed by atoms with Crippen molar-refractivity contribution < 1.29 is 9.53 Å². The van der Waals surface area contributed by atoms with E-state index in [0.29, 0.717) is 11.3 Å². The second-order valence-electron chi connectivity index (χ2n) is 3.87. The van der Waals surface area contributed by atoms with Crippen LogP contribution in [-0.4, -0.2) is 11.0 Å². The van der Waals surface area contributed by atoms with Gasteiger partial charge in [0, 0.05) is 22.4 Å². The molecule has 0 atom stereocenters. The molecule has 0 saturated heterocycles. The third-order valence-corrected chi connectivity index (χ3v) is 3.17. The quantitative estimate of drug-likeness (QED) is 0.757. The van der Waals surface area contributed by atoms with Gasteiger partial charge in [-0.25, -0.2) is 4.79 Å². The minimum Gasteiger partial charge on any atom is -0.422 e. The van der Waals surface area contributed by atoms with Crippen LogP contribution in [0.2, 0.25) is 0 Å². The molecule has 0 fully saturated rings. The Kier molecular flexibility index (Phi) is 2.72. The van der Waals surface area contributed by atoms with Crippen molar-refractivity contribution in [3.63, 3.8) is 0 Å². The van der Waals surface area contributed by atoms with Gasteiger partial charge in [0.2, 0.25) is 0 Å². The molecule has 4 heteroatoms. The highest BCUT2D eigenvalue weighted by Gasteiger charge is 2.26. The Morgan fingerprint density at radius 3 is 2.67 bits per heavy atom. The van der Waals surface area contributed by atoms with Gasteiger partial charge in [0.15, 0.2) is 0 Å². The molecular weight excluding hydrogens is 294 g/mol. The molecule has 0 amide bonds. The number of benzene rings is 1. The van der Waals surface area contributed by atoms with Crippen LogP contribution in [0.4, 0.5) is 0 Å². The molecule has 0 bridgehead atoms. The van der Waals surface area contributed by atoms with Gasteiger partial charge in [0.25, 0.3) is 0 Å². The Bertz CT molecular complexity index is 650. The normalized spacial score (nSPS) is 15.6. The van der Waals surface area contributed by atoms with Crippen LogP contribution >= 0.6 is 15.9 Å². The fourth-order valence-corrected chi connectivity index (χ4v) is 2.19. The Morgan fingerprint density at radius 1 is 1.11 bits per heavy atom. The van der Waals surface area contributed by atoms with Crippen molar-refractivity contribution >= 4 is 33.7 Å². The standard InChI is InChI=1S/C14H8BrNO2/c15-10-1-2-11-12(8-10)13(18-14(11)17)7-9-3-5-16-6-4-9/h1-8H. The average molecular weight is 302 g/mol. The summed E-state index contributed by atoms with van der Waals surface area (Å²) in [5.74, 6) is 0.264. The Balaban J connectivity index is 2.10. The first-order valence-corrected chi connectivity index (χ1v) is 6.17. The summed E-state index contributed by atoms with van der Waals surface area (Å²) >= 11 is 3.39. The molecule has 0 radical (unpaired) electrons. The summed E-state index contributed by atoms with van der Waals surface area (Å²) in [5, 5.41) is 0. The van der Waals surface area contributed by atoms with E-state index in [4.69, 9.17) is 4.74 Å². The van der Waals surface area contributed by atoms with Crippen LogP contribution < -0.4 is 0 Å². The number of aromatic nitrogens is 1. The average Bonchev–Trinajstić information content (AvgIpc) is 2.67. The molecule has 3 nitrogen and oxygen atoms in total. The predicted molar refractivity (Wildman–Crippen MR) is 71.7 cm³/mol. The number of carbonyl (C=O) groups excluding carboxylic acids is 1. The van der Waals surface area contributed by atoms with Gasteiger partial charge < -0.3 is 4.74 Å². The number of esters is 1. The molecule has 0 spiro atoms. The largest absolute Gasteiger partial charge is 0.422 e.